The molecule has 1 saturated carbocycles. The minimum Gasteiger partial charge on any atom is -0.388 e. The number of ether oxygens (including phenoxy) is 2. The largest absolute Gasteiger partial charge is 0.388 e. The Balaban J connectivity index is 2.02. The Kier molecular flexibility index (Phi) is 8.69. The highest BCUT2D eigenvalue weighted by molar-refractivity contribution is 5.80. The van der Waals surface area contributed by atoms with Crippen LogP contribution in [0.15, 0.2) is 0 Å². The molecular formula is C16H33N5O8. The van der Waals surface area contributed by atoms with Gasteiger partial charge in [-0.25, -0.2) is 0 Å². The van der Waals surface area contributed by atoms with Gasteiger partial charge in [-0.05, 0) is 19.4 Å². The highest BCUT2D eigenvalue weighted by Crippen LogP contribution is 2.27. The van der Waals surface area contributed by atoms with Crippen molar-refractivity contribution in [2.75, 3.05) is 13.1 Å². The molecule has 1 amide bonds. The molecular weight excluding hydrogens is 390 g/mol. The lowest BCUT2D eigenvalue weighted by molar-refractivity contribution is -0.288. The summed E-state index contributed by atoms with van der Waals surface area (Å²) < 4.78 is 11.1. The molecule has 2 rings (SSSR count). The Morgan fingerprint density at radius 2 is 1.76 bits per heavy atom. The maximum atomic E-state index is 12.0. The molecule has 14 N–H and O–H groups in total. The first-order valence-corrected chi connectivity index (χ1v) is 9.55. The molecule has 0 aromatic carbocycles. The number of amides is 1. The maximum Gasteiger partial charge on any atom is 0.249 e. The molecule has 1 aliphatic carbocycles. The zero-order valence-electron chi connectivity index (χ0n) is 15.9. The highest BCUT2D eigenvalue weighted by Gasteiger charge is 2.48. The van der Waals surface area contributed by atoms with Crippen molar-refractivity contribution in [2.24, 2.45) is 22.9 Å². The molecule has 0 aromatic heterocycles. The first-order valence-electron chi connectivity index (χ1n) is 9.55. The van der Waals surface area contributed by atoms with Crippen molar-refractivity contribution < 1.29 is 39.8 Å². The van der Waals surface area contributed by atoms with E-state index < -0.39 is 73.1 Å². The molecule has 1 aliphatic heterocycles. The van der Waals surface area contributed by atoms with E-state index >= 15 is 0 Å². The van der Waals surface area contributed by atoms with E-state index in [9.17, 15) is 30.3 Å². The van der Waals surface area contributed by atoms with Gasteiger partial charge in [0.2, 0.25) is 5.91 Å². The van der Waals surface area contributed by atoms with Gasteiger partial charge in [0.15, 0.2) is 6.29 Å². The number of carbonyl (C=O) groups is 1. The molecule has 1 saturated heterocycles. The van der Waals surface area contributed by atoms with E-state index in [0.717, 1.165) is 0 Å². The van der Waals surface area contributed by atoms with Gasteiger partial charge in [0, 0.05) is 12.6 Å². The Morgan fingerprint density at radius 3 is 2.34 bits per heavy atom. The highest BCUT2D eigenvalue weighted by atomic mass is 16.7. The Labute approximate surface area is 167 Å². The summed E-state index contributed by atoms with van der Waals surface area (Å²) in [6, 6.07) is -2.92. The van der Waals surface area contributed by atoms with Crippen LogP contribution in [0.1, 0.15) is 12.8 Å². The summed E-state index contributed by atoms with van der Waals surface area (Å²) in [5.41, 5.74) is 22.7. The monoisotopic (exact) mass is 423 g/mol. The van der Waals surface area contributed by atoms with Crippen LogP contribution in [0, 0.1) is 0 Å². The number of hydrogen-bond donors (Lipinski definition) is 10. The van der Waals surface area contributed by atoms with Crippen molar-refractivity contribution in [3.63, 3.8) is 0 Å². The van der Waals surface area contributed by atoms with E-state index in [1.807, 2.05) is 0 Å². The molecule has 0 bridgehead atoms. The van der Waals surface area contributed by atoms with Crippen LogP contribution in [-0.2, 0) is 14.3 Å². The third-order valence-corrected chi connectivity index (χ3v) is 5.39. The number of rotatable bonds is 7. The Bertz CT molecular complexity index is 543. The minimum absolute atomic E-state index is 0.0252. The van der Waals surface area contributed by atoms with E-state index in [1.165, 1.54) is 0 Å². The van der Waals surface area contributed by atoms with Crippen LogP contribution < -0.4 is 28.3 Å². The van der Waals surface area contributed by atoms with E-state index in [0.29, 0.717) is 0 Å². The fourth-order valence-electron chi connectivity index (χ4n) is 3.57. The predicted molar refractivity (Wildman–Crippen MR) is 98.8 cm³/mol. The summed E-state index contributed by atoms with van der Waals surface area (Å²) in [6.45, 7) is -0.00220. The molecule has 0 spiro atoms. The van der Waals surface area contributed by atoms with Crippen LogP contribution in [0.25, 0.3) is 0 Å². The second-order valence-corrected chi connectivity index (χ2v) is 7.53. The summed E-state index contributed by atoms with van der Waals surface area (Å²) in [5.74, 6) is -0.737. The fourth-order valence-corrected chi connectivity index (χ4v) is 3.57. The Morgan fingerprint density at radius 1 is 1.10 bits per heavy atom. The lowest BCUT2D eigenvalue weighted by atomic mass is 9.84. The average molecular weight is 423 g/mol. The lowest BCUT2D eigenvalue weighted by Gasteiger charge is -2.46. The van der Waals surface area contributed by atoms with Gasteiger partial charge in [-0.1, -0.05) is 0 Å². The third kappa shape index (κ3) is 5.39. The smallest absolute Gasteiger partial charge is 0.249 e. The standard InChI is InChI=1S/C16H33N5O8/c17-2-1-7(22)15(27)21-6-3-5(19)14(13(26)10(6)23)29-16-9(20)12(25)11(24)8(4-18)28-16/h5-14,16,22-26H,1-4,17-20H2,(H,21,27). The van der Waals surface area contributed by atoms with Gasteiger partial charge >= 0.3 is 0 Å². The summed E-state index contributed by atoms with van der Waals surface area (Å²) in [4.78, 5) is 12.0. The maximum absolute atomic E-state index is 12.0. The van der Waals surface area contributed by atoms with Gasteiger partial charge in [-0.15, -0.1) is 0 Å². The Hall–Kier alpha value is -0.970. The molecule has 1 heterocycles. The zero-order chi connectivity index (χ0) is 21.9. The molecule has 13 heteroatoms. The second-order valence-electron chi connectivity index (χ2n) is 7.53. The first-order chi connectivity index (χ1) is 13.6. The van der Waals surface area contributed by atoms with Crippen LogP contribution in [0.5, 0.6) is 0 Å². The minimum atomic E-state index is -1.52. The van der Waals surface area contributed by atoms with Crippen molar-refractivity contribution in [1.82, 2.24) is 5.32 Å². The zero-order valence-corrected chi connectivity index (χ0v) is 15.9. The number of hydrogen-bond acceptors (Lipinski definition) is 12. The van der Waals surface area contributed by atoms with Crippen LogP contribution in [0.2, 0.25) is 0 Å². The van der Waals surface area contributed by atoms with E-state index in [1.54, 1.807) is 0 Å². The van der Waals surface area contributed by atoms with Crippen molar-refractivity contribution in [1.29, 1.82) is 0 Å². The van der Waals surface area contributed by atoms with Crippen molar-refractivity contribution in [3.05, 3.63) is 0 Å². The predicted octanol–water partition coefficient (Wildman–Crippen LogP) is -6.25. The molecule has 29 heavy (non-hydrogen) atoms. The molecule has 0 aromatic rings. The van der Waals surface area contributed by atoms with Gasteiger partial charge in [0.25, 0.3) is 0 Å². The normalized spacial score (nSPS) is 44.3. The second kappa shape index (κ2) is 10.4. The van der Waals surface area contributed by atoms with Crippen molar-refractivity contribution in [2.45, 2.75) is 80.0 Å². The van der Waals surface area contributed by atoms with E-state index in [4.69, 9.17) is 32.4 Å². The fraction of sp³-hybridized carbons (Fsp3) is 0.938. The lowest BCUT2D eigenvalue weighted by Crippen LogP contribution is -2.68. The number of aliphatic hydroxyl groups excluding tert-OH is 5. The SMILES string of the molecule is NCCC(O)C(=O)NC1CC(N)C(OC2OC(CN)C(O)C(O)C2N)C(O)C1O. The van der Waals surface area contributed by atoms with Gasteiger partial charge in [-0.3, -0.25) is 4.79 Å². The van der Waals surface area contributed by atoms with E-state index in [2.05, 4.69) is 5.32 Å². The summed E-state index contributed by atoms with van der Waals surface area (Å²) >= 11 is 0. The first kappa shape index (κ1) is 24.3. The number of nitrogens with one attached hydrogen (secondary N) is 1. The van der Waals surface area contributed by atoms with Crippen LogP contribution in [-0.4, -0.2) is 112 Å². The van der Waals surface area contributed by atoms with Crippen molar-refractivity contribution in [3.8, 4) is 0 Å². The number of nitrogens with two attached hydrogens (primary N) is 4. The van der Waals surface area contributed by atoms with Gasteiger partial charge in [0.05, 0.1) is 12.1 Å². The van der Waals surface area contributed by atoms with E-state index in [-0.39, 0.29) is 25.9 Å². The van der Waals surface area contributed by atoms with Gasteiger partial charge in [0.1, 0.15) is 42.7 Å². The van der Waals surface area contributed by atoms with Crippen LogP contribution >= 0.6 is 0 Å². The summed E-state index contributed by atoms with van der Waals surface area (Å²) in [5, 5.41) is 52.9. The van der Waals surface area contributed by atoms with Gasteiger partial charge < -0.3 is 63.3 Å². The molecule has 2 fully saturated rings. The summed E-state index contributed by atoms with van der Waals surface area (Å²) in [7, 11) is 0. The molecule has 170 valence electrons. The van der Waals surface area contributed by atoms with Gasteiger partial charge in [-0.2, -0.15) is 0 Å². The molecule has 13 nitrogen and oxygen atoms in total. The number of carbonyl (C=O) groups excluding carboxylic acids is 1. The third-order valence-electron chi connectivity index (χ3n) is 5.39. The molecule has 11 atom stereocenters. The quantitative estimate of drug-likeness (QED) is 0.183. The van der Waals surface area contributed by atoms with Crippen molar-refractivity contribution >= 4 is 5.91 Å². The van der Waals surface area contributed by atoms with Crippen LogP contribution in [0.3, 0.4) is 0 Å². The molecule has 0 radical (unpaired) electrons. The topological polar surface area (TPSA) is 253 Å². The average Bonchev–Trinajstić information content (AvgIpc) is 2.69. The summed E-state index contributed by atoms with van der Waals surface area (Å²) in [6.07, 6.45) is -10.2. The molecule has 11 unspecified atom stereocenters. The number of aliphatic hydroxyl groups is 5. The molecule has 2 aliphatic rings. The van der Waals surface area contributed by atoms with Crippen LogP contribution in [0.4, 0.5) is 0 Å².